The number of H-pyrrole nitrogens is 1. The maximum absolute atomic E-state index is 12.7. The summed E-state index contributed by atoms with van der Waals surface area (Å²) in [4.78, 5) is 14.7. The number of benzene rings is 1. The topological polar surface area (TPSA) is 83.1 Å². The number of hydrogen-bond acceptors (Lipinski definition) is 4. The molecule has 128 valence electrons. The first-order valence-corrected chi connectivity index (χ1v) is 9.85. The van der Waals surface area contributed by atoms with E-state index in [0.717, 1.165) is 30.5 Å². The van der Waals surface area contributed by atoms with Crippen molar-refractivity contribution in [2.24, 2.45) is 0 Å². The van der Waals surface area contributed by atoms with Crippen LogP contribution in [0.25, 0.3) is 0 Å². The van der Waals surface area contributed by atoms with E-state index >= 15 is 0 Å². The van der Waals surface area contributed by atoms with Crippen LogP contribution in [-0.2, 0) is 9.84 Å². The number of carbonyl (C=O) groups is 1. The van der Waals surface area contributed by atoms with Gasteiger partial charge in [-0.25, -0.2) is 8.42 Å². The van der Waals surface area contributed by atoms with Crippen molar-refractivity contribution in [2.45, 2.75) is 30.6 Å². The Morgan fingerprint density at radius 2 is 2.00 bits per heavy atom. The number of aryl methyl sites for hydroxylation is 1. The number of amides is 1. The highest BCUT2D eigenvalue weighted by molar-refractivity contribution is 7.90. The predicted molar refractivity (Wildman–Crippen MR) is 90.8 cm³/mol. The molecule has 0 radical (unpaired) electrons. The number of aromatic amines is 1. The third kappa shape index (κ3) is 3.51. The van der Waals surface area contributed by atoms with Crippen molar-refractivity contribution in [1.29, 1.82) is 0 Å². The molecule has 0 spiro atoms. The molecule has 1 fully saturated rings. The number of aromatic nitrogens is 2. The summed E-state index contributed by atoms with van der Waals surface area (Å²) in [5.41, 5.74) is 2.53. The minimum absolute atomic E-state index is 0.0630. The van der Waals surface area contributed by atoms with Crippen LogP contribution in [0, 0.1) is 6.92 Å². The van der Waals surface area contributed by atoms with Gasteiger partial charge in [0.05, 0.1) is 10.6 Å². The monoisotopic (exact) mass is 347 g/mol. The van der Waals surface area contributed by atoms with Gasteiger partial charge in [0.15, 0.2) is 9.84 Å². The van der Waals surface area contributed by atoms with Gasteiger partial charge in [-0.05, 0) is 50.1 Å². The lowest BCUT2D eigenvalue weighted by Crippen LogP contribution is -2.39. The normalized spacial score (nSPS) is 18.6. The quantitative estimate of drug-likeness (QED) is 0.922. The second-order valence-corrected chi connectivity index (χ2v) is 8.38. The molecule has 1 N–H and O–H groups in total. The molecule has 2 aromatic rings. The van der Waals surface area contributed by atoms with Gasteiger partial charge in [-0.15, -0.1) is 0 Å². The number of piperidine rings is 1. The van der Waals surface area contributed by atoms with Crippen LogP contribution in [0.15, 0.2) is 35.2 Å². The van der Waals surface area contributed by atoms with Crippen molar-refractivity contribution < 1.29 is 13.2 Å². The smallest absolute Gasteiger partial charge is 0.253 e. The van der Waals surface area contributed by atoms with Crippen LogP contribution in [0.3, 0.4) is 0 Å². The zero-order chi connectivity index (χ0) is 17.3. The molecule has 0 unspecified atom stereocenters. The van der Waals surface area contributed by atoms with Crippen molar-refractivity contribution in [2.75, 3.05) is 19.3 Å². The van der Waals surface area contributed by atoms with Crippen molar-refractivity contribution >= 4 is 15.7 Å². The molecule has 0 saturated carbocycles. The molecule has 1 aliphatic rings. The van der Waals surface area contributed by atoms with Crippen LogP contribution in [0.5, 0.6) is 0 Å². The molecule has 1 aromatic carbocycles. The summed E-state index contributed by atoms with van der Waals surface area (Å²) < 4.78 is 23.0. The third-order valence-corrected chi connectivity index (χ3v) is 5.51. The van der Waals surface area contributed by atoms with E-state index in [0.29, 0.717) is 18.7 Å². The summed E-state index contributed by atoms with van der Waals surface area (Å²) in [6, 6.07) is 8.17. The van der Waals surface area contributed by atoms with Gasteiger partial charge >= 0.3 is 0 Å². The van der Waals surface area contributed by atoms with E-state index in [1.165, 1.54) is 12.1 Å². The van der Waals surface area contributed by atoms with Gasteiger partial charge < -0.3 is 4.90 Å². The SMILES string of the molecule is Cc1cc([C@@H]2CCCN(C(=O)c3ccc(S(C)(=O)=O)cc3)C2)n[nH]1. The molecule has 2 heterocycles. The summed E-state index contributed by atoms with van der Waals surface area (Å²) in [5.74, 6) is 0.176. The Balaban J connectivity index is 1.74. The first kappa shape index (κ1) is 16.7. The number of likely N-dealkylation sites (tertiary alicyclic amines) is 1. The Kier molecular flexibility index (Phi) is 4.45. The van der Waals surface area contributed by atoms with Crippen LogP contribution >= 0.6 is 0 Å². The van der Waals surface area contributed by atoms with Gasteiger partial charge in [0.1, 0.15) is 0 Å². The molecule has 1 amide bonds. The number of rotatable bonds is 3. The zero-order valence-electron chi connectivity index (χ0n) is 13.8. The standard InChI is InChI=1S/C17H21N3O3S/c1-12-10-16(19-18-12)14-4-3-9-20(11-14)17(21)13-5-7-15(8-6-13)24(2,22)23/h5-8,10,14H,3-4,9,11H2,1-2H3,(H,18,19)/t14-/m1/s1. The van der Waals surface area contributed by atoms with Gasteiger partial charge in [-0.2, -0.15) is 5.10 Å². The van der Waals surface area contributed by atoms with Crippen molar-refractivity contribution in [1.82, 2.24) is 15.1 Å². The fraction of sp³-hybridized carbons (Fsp3) is 0.412. The summed E-state index contributed by atoms with van der Waals surface area (Å²) in [6.45, 7) is 3.31. The molecule has 3 rings (SSSR count). The van der Waals surface area contributed by atoms with E-state index in [9.17, 15) is 13.2 Å². The van der Waals surface area contributed by atoms with Crippen LogP contribution in [0.1, 0.15) is 40.5 Å². The maximum Gasteiger partial charge on any atom is 0.253 e. The van der Waals surface area contributed by atoms with E-state index in [-0.39, 0.29) is 16.7 Å². The second kappa shape index (κ2) is 6.39. The van der Waals surface area contributed by atoms with E-state index < -0.39 is 9.84 Å². The number of nitrogens with zero attached hydrogens (tertiary/aromatic N) is 2. The molecule has 0 aliphatic carbocycles. The van der Waals surface area contributed by atoms with Gasteiger partial charge in [-0.1, -0.05) is 0 Å². The molecule has 1 saturated heterocycles. The van der Waals surface area contributed by atoms with Crippen molar-refractivity contribution in [3.8, 4) is 0 Å². The minimum Gasteiger partial charge on any atom is -0.338 e. The maximum atomic E-state index is 12.7. The summed E-state index contributed by atoms with van der Waals surface area (Å²) in [5, 5.41) is 7.27. The number of sulfone groups is 1. The lowest BCUT2D eigenvalue weighted by atomic mass is 9.94. The van der Waals surface area contributed by atoms with Crippen molar-refractivity contribution in [3.63, 3.8) is 0 Å². The minimum atomic E-state index is -3.25. The summed E-state index contributed by atoms with van der Waals surface area (Å²) >= 11 is 0. The molecule has 24 heavy (non-hydrogen) atoms. The van der Waals surface area contributed by atoms with Crippen molar-refractivity contribution in [3.05, 3.63) is 47.3 Å². The Labute approximate surface area is 141 Å². The average molecular weight is 347 g/mol. The van der Waals surface area contributed by atoms with E-state index in [4.69, 9.17) is 0 Å². The van der Waals surface area contributed by atoms with Crippen LogP contribution in [-0.4, -0.2) is 48.8 Å². The highest BCUT2D eigenvalue weighted by Crippen LogP contribution is 2.27. The average Bonchev–Trinajstić information content (AvgIpc) is 3.00. The van der Waals surface area contributed by atoms with E-state index in [2.05, 4.69) is 10.2 Å². The first-order valence-electron chi connectivity index (χ1n) is 7.96. The molecular formula is C17H21N3O3S. The lowest BCUT2D eigenvalue weighted by molar-refractivity contribution is 0.0705. The fourth-order valence-electron chi connectivity index (χ4n) is 3.08. The highest BCUT2D eigenvalue weighted by Gasteiger charge is 2.27. The lowest BCUT2D eigenvalue weighted by Gasteiger charge is -2.32. The Hall–Kier alpha value is -2.15. The zero-order valence-corrected chi connectivity index (χ0v) is 14.6. The Bertz CT molecular complexity index is 840. The molecule has 1 aromatic heterocycles. The van der Waals surface area contributed by atoms with Crippen LogP contribution in [0.2, 0.25) is 0 Å². The van der Waals surface area contributed by atoms with Crippen LogP contribution < -0.4 is 0 Å². The molecule has 7 heteroatoms. The molecule has 0 bridgehead atoms. The predicted octanol–water partition coefficient (Wildman–Crippen LogP) is 2.14. The highest BCUT2D eigenvalue weighted by atomic mass is 32.2. The molecule has 6 nitrogen and oxygen atoms in total. The number of carbonyl (C=O) groups excluding carboxylic acids is 1. The van der Waals surface area contributed by atoms with Gasteiger partial charge in [-0.3, -0.25) is 9.89 Å². The number of nitrogens with one attached hydrogen (secondary N) is 1. The van der Waals surface area contributed by atoms with E-state index in [1.807, 2.05) is 17.9 Å². The summed E-state index contributed by atoms with van der Waals surface area (Å²) in [7, 11) is -3.25. The summed E-state index contributed by atoms with van der Waals surface area (Å²) in [6.07, 6.45) is 3.11. The second-order valence-electron chi connectivity index (χ2n) is 6.36. The third-order valence-electron chi connectivity index (χ3n) is 4.38. The van der Waals surface area contributed by atoms with Gasteiger partial charge in [0.2, 0.25) is 0 Å². The van der Waals surface area contributed by atoms with Gasteiger partial charge in [0, 0.05) is 36.5 Å². The largest absolute Gasteiger partial charge is 0.338 e. The fourth-order valence-corrected chi connectivity index (χ4v) is 3.71. The first-order chi connectivity index (χ1) is 11.3. The van der Waals surface area contributed by atoms with Gasteiger partial charge in [0.25, 0.3) is 5.91 Å². The molecule has 1 atom stereocenters. The Morgan fingerprint density at radius 1 is 1.29 bits per heavy atom. The molecular weight excluding hydrogens is 326 g/mol. The molecule has 1 aliphatic heterocycles. The van der Waals surface area contributed by atoms with Crippen LogP contribution in [0.4, 0.5) is 0 Å². The number of hydrogen-bond donors (Lipinski definition) is 1. The Morgan fingerprint density at radius 3 is 2.58 bits per heavy atom. The van der Waals surface area contributed by atoms with E-state index in [1.54, 1.807) is 12.1 Å².